The number of hydrogen-bond donors (Lipinski definition) is 2. The molecule has 1 heterocycles. The molecule has 0 saturated carbocycles. The summed E-state index contributed by atoms with van der Waals surface area (Å²) in [7, 11) is 0. The molecule has 1 aromatic carbocycles. The fraction of sp³-hybridized carbons (Fsp3) is 0. The molecule has 6 nitrogen and oxygen atoms in total. The van der Waals surface area contributed by atoms with Gasteiger partial charge in [0.25, 0.3) is 0 Å². The van der Waals surface area contributed by atoms with E-state index >= 15 is 0 Å². The molecule has 0 atom stereocenters. The van der Waals surface area contributed by atoms with Crippen molar-refractivity contribution in [2.75, 3.05) is 11.1 Å². The minimum Gasteiger partial charge on any atom is -0.378 e. The molecule has 0 radical (unpaired) electrons. The highest BCUT2D eigenvalue weighted by Gasteiger charge is 2.12. The van der Waals surface area contributed by atoms with Gasteiger partial charge in [-0.25, -0.2) is 4.98 Å². The lowest BCUT2D eigenvalue weighted by atomic mass is 10.3. The third kappa shape index (κ3) is 2.86. The smallest absolute Gasteiger partial charge is 0.311 e. The van der Waals surface area contributed by atoms with Gasteiger partial charge < -0.3 is 11.1 Å². The van der Waals surface area contributed by atoms with Gasteiger partial charge >= 0.3 is 5.69 Å². The number of hydrogen-bond acceptors (Lipinski definition) is 5. The van der Waals surface area contributed by atoms with Crippen LogP contribution in [0.5, 0.6) is 0 Å². The van der Waals surface area contributed by atoms with Gasteiger partial charge in [0.15, 0.2) is 0 Å². The van der Waals surface area contributed by atoms with E-state index in [1.165, 1.54) is 12.1 Å². The molecule has 2 rings (SSSR count). The van der Waals surface area contributed by atoms with E-state index in [0.717, 1.165) is 9.26 Å². The number of anilines is 3. The Morgan fingerprint density at radius 3 is 2.44 bits per heavy atom. The number of nitrogens with zero attached hydrogens (tertiary/aromatic N) is 2. The summed E-state index contributed by atoms with van der Waals surface area (Å²) < 4.78 is 1.12. The van der Waals surface area contributed by atoms with Crippen molar-refractivity contribution in [3.8, 4) is 0 Å². The summed E-state index contributed by atoms with van der Waals surface area (Å²) in [6, 6.07) is 10.5. The molecule has 3 N–H and O–H groups in total. The molecule has 18 heavy (non-hydrogen) atoms. The minimum absolute atomic E-state index is 0.101. The van der Waals surface area contributed by atoms with Crippen LogP contribution in [-0.2, 0) is 0 Å². The quantitative estimate of drug-likeness (QED) is 0.501. The van der Waals surface area contributed by atoms with E-state index in [9.17, 15) is 10.1 Å². The molecule has 0 unspecified atom stereocenters. The van der Waals surface area contributed by atoms with Crippen molar-refractivity contribution in [3.05, 3.63) is 50.1 Å². The molecular formula is C11H9IN4O2. The highest BCUT2D eigenvalue weighted by molar-refractivity contribution is 14.1. The first-order valence-corrected chi connectivity index (χ1v) is 6.07. The van der Waals surface area contributed by atoms with Crippen LogP contribution in [0.15, 0.2) is 36.4 Å². The number of aromatic nitrogens is 1. The summed E-state index contributed by atoms with van der Waals surface area (Å²) in [5, 5.41) is 13.6. The first kappa shape index (κ1) is 12.6. The van der Waals surface area contributed by atoms with Crippen LogP contribution in [0, 0.1) is 13.7 Å². The predicted molar refractivity (Wildman–Crippen MR) is 77.7 cm³/mol. The maximum atomic E-state index is 10.6. The summed E-state index contributed by atoms with van der Waals surface area (Å²) in [6.07, 6.45) is 0. The van der Waals surface area contributed by atoms with Crippen molar-refractivity contribution < 1.29 is 4.92 Å². The fourth-order valence-corrected chi connectivity index (χ4v) is 1.73. The molecule has 7 heteroatoms. The molecule has 0 aliphatic heterocycles. The van der Waals surface area contributed by atoms with Gasteiger partial charge in [-0.2, -0.15) is 0 Å². The van der Waals surface area contributed by atoms with Gasteiger partial charge in [0.05, 0.1) is 4.92 Å². The summed E-state index contributed by atoms with van der Waals surface area (Å²) >= 11 is 2.21. The zero-order valence-corrected chi connectivity index (χ0v) is 11.3. The molecule has 0 amide bonds. The second-order valence-corrected chi connectivity index (χ2v) is 4.74. The average Bonchev–Trinajstić information content (AvgIpc) is 2.32. The third-order valence-corrected chi connectivity index (χ3v) is 2.93. The van der Waals surface area contributed by atoms with Gasteiger partial charge in [0, 0.05) is 15.3 Å². The Kier molecular flexibility index (Phi) is 3.60. The normalized spacial score (nSPS) is 10.1. The first-order chi connectivity index (χ1) is 8.56. The van der Waals surface area contributed by atoms with E-state index in [-0.39, 0.29) is 11.5 Å². The zero-order chi connectivity index (χ0) is 13.1. The average molecular weight is 356 g/mol. The van der Waals surface area contributed by atoms with Gasteiger partial charge in [-0.1, -0.05) is 0 Å². The molecule has 1 aromatic heterocycles. The highest BCUT2D eigenvalue weighted by Crippen LogP contribution is 2.23. The molecular weight excluding hydrogens is 347 g/mol. The second kappa shape index (κ2) is 5.17. The largest absolute Gasteiger partial charge is 0.378 e. The lowest BCUT2D eigenvalue weighted by molar-refractivity contribution is -0.384. The minimum atomic E-state index is -0.559. The standard InChI is InChI=1S/C11H9IN4O2/c12-7-1-3-8(4-2-7)14-10-6-5-9(16(17)18)11(13)15-10/h1-6H,(H3,13,14,15). The number of nitrogens with two attached hydrogens (primary N) is 1. The van der Waals surface area contributed by atoms with Crippen LogP contribution in [0.25, 0.3) is 0 Å². The summed E-state index contributed by atoms with van der Waals surface area (Å²) in [4.78, 5) is 14.0. The van der Waals surface area contributed by atoms with Crippen LogP contribution in [0.4, 0.5) is 23.0 Å². The van der Waals surface area contributed by atoms with E-state index in [2.05, 4.69) is 32.9 Å². The van der Waals surface area contributed by atoms with E-state index in [4.69, 9.17) is 5.73 Å². The van der Waals surface area contributed by atoms with Gasteiger partial charge in [0.1, 0.15) is 5.82 Å². The van der Waals surface area contributed by atoms with Crippen molar-refractivity contribution in [2.45, 2.75) is 0 Å². The maximum Gasteiger partial charge on any atom is 0.311 e. The van der Waals surface area contributed by atoms with Crippen LogP contribution in [0.1, 0.15) is 0 Å². The molecule has 0 aliphatic carbocycles. The number of pyridine rings is 1. The molecule has 0 saturated heterocycles. The molecule has 0 spiro atoms. The number of nitro groups is 1. The number of benzene rings is 1. The highest BCUT2D eigenvalue weighted by atomic mass is 127. The number of halogens is 1. The molecule has 2 aromatic rings. The molecule has 92 valence electrons. The van der Waals surface area contributed by atoms with Crippen molar-refractivity contribution in [1.82, 2.24) is 4.98 Å². The van der Waals surface area contributed by atoms with Crippen molar-refractivity contribution in [1.29, 1.82) is 0 Å². The summed E-state index contributed by atoms with van der Waals surface area (Å²) in [6.45, 7) is 0. The fourth-order valence-electron chi connectivity index (χ4n) is 1.37. The van der Waals surface area contributed by atoms with Crippen LogP contribution < -0.4 is 11.1 Å². The Bertz CT molecular complexity index is 586. The first-order valence-electron chi connectivity index (χ1n) is 5.00. The summed E-state index contributed by atoms with van der Waals surface area (Å²) in [5.41, 5.74) is 6.16. The van der Waals surface area contributed by atoms with Crippen molar-refractivity contribution in [3.63, 3.8) is 0 Å². The number of rotatable bonds is 3. The third-order valence-electron chi connectivity index (χ3n) is 2.22. The lowest BCUT2D eigenvalue weighted by Gasteiger charge is -2.06. The van der Waals surface area contributed by atoms with Gasteiger partial charge in [0.2, 0.25) is 5.82 Å². The Morgan fingerprint density at radius 2 is 1.89 bits per heavy atom. The van der Waals surface area contributed by atoms with Crippen LogP contribution in [0.3, 0.4) is 0 Å². The van der Waals surface area contributed by atoms with Crippen LogP contribution in [0.2, 0.25) is 0 Å². The lowest BCUT2D eigenvalue weighted by Crippen LogP contribution is -2.01. The topological polar surface area (TPSA) is 94.1 Å². The number of nitrogens with one attached hydrogen (secondary N) is 1. The second-order valence-electron chi connectivity index (χ2n) is 3.49. The van der Waals surface area contributed by atoms with Crippen molar-refractivity contribution >= 4 is 45.6 Å². The monoisotopic (exact) mass is 356 g/mol. The van der Waals surface area contributed by atoms with Crippen molar-refractivity contribution in [2.24, 2.45) is 0 Å². The Hall–Kier alpha value is -1.90. The Morgan fingerprint density at radius 1 is 1.22 bits per heavy atom. The van der Waals surface area contributed by atoms with E-state index < -0.39 is 4.92 Å². The zero-order valence-electron chi connectivity index (χ0n) is 9.13. The Labute approximate surface area is 117 Å². The molecule has 0 bridgehead atoms. The van der Waals surface area contributed by atoms with Gasteiger partial charge in [-0.05, 0) is 52.9 Å². The van der Waals surface area contributed by atoms with Crippen LogP contribution >= 0.6 is 22.6 Å². The van der Waals surface area contributed by atoms with E-state index in [0.29, 0.717) is 5.82 Å². The summed E-state index contributed by atoms with van der Waals surface area (Å²) in [5.74, 6) is 0.370. The molecule has 0 aliphatic rings. The van der Waals surface area contributed by atoms with E-state index in [1.807, 2.05) is 24.3 Å². The SMILES string of the molecule is Nc1nc(Nc2ccc(I)cc2)ccc1[N+](=O)[O-]. The maximum absolute atomic E-state index is 10.6. The number of nitrogen functional groups attached to an aromatic ring is 1. The van der Waals surface area contributed by atoms with Gasteiger partial charge in [-0.15, -0.1) is 0 Å². The van der Waals surface area contributed by atoms with Gasteiger partial charge in [-0.3, -0.25) is 10.1 Å². The van der Waals surface area contributed by atoms with Crippen LogP contribution in [-0.4, -0.2) is 9.91 Å². The molecule has 0 fully saturated rings. The van der Waals surface area contributed by atoms with E-state index in [1.54, 1.807) is 0 Å². The predicted octanol–water partition coefficient (Wildman–Crippen LogP) is 2.92. The Balaban J connectivity index is 2.22.